The van der Waals surface area contributed by atoms with E-state index >= 15 is 0 Å². The Labute approximate surface area is 88.4 Å². The van der Waals surface area contributed by atoms with Crippen molar-refractivity contribution in [2.24, 2.45) is 0 Å². The highest BCUT2D eigenvalue weighted by Crippen LogP contribution is 2.14. The van der Waals surface area contributed by atoms with Crippen LogP contribution < -0.4 is 5.32 Å². The van der Waals surface area contributed by atoms with Gasteiger partial charge in [0, 0.05) is 12.6 Å². The first-order chi connectivity index (χ1) is 7.29. The topological polar surface area (TPSA) is 50.7 Å². The average molecular weight is 200 g/mol. The van der Waals surface area contributed by atoms with Crippen molar-refractivity contribution in [1.82, 2.24) is 15.0 Å². The molecule has 0 bridgehead atoms. The lowest BCUT2D eigenvalue weighted by Gasteiger charge is -2.03. The first-order valence-electron chi connectivity index (χ1n) is 4.75. The summed E-state index contributed by atoms with van der Waals surface area (Å²) in [6.07, 6.45) is 0. The third kappa shape index (κ3) is 2.10. The second-order valence-corrected chi connectivity index (χ2v) is 3.15. The van der Waals surface area contributed by atoms with Gasteiger partial charge in [-0.25, -0.2) is 4.98 Å². The molecule has 1 N–H and O–H groups in total. The molecule has 15 heavy (non-hydrogen) atoms. The van der Waals surface area contributed by atoms with Crippen LogP contribution in [0.25, 0.3) is 11.4 Å². The van der Waals surface area contributed by atoms with Crippen LogP contribution in [0.1, 0.15) is 5.82 Å². The maximum atomic E-state index is 4.29. The van der Waals surface area contributed by atoms with Crippen molar-refractivity contribution in [2.75, 3.05) is 12.4 Å². The molecule has 0 aliphatic carbocycles. The zero-order valence-electron chi connectivity index (χ0n) is 8.73. The summed E-state index contributed by atoms with van der Waals surface area (Å²) in [7, 11) is 1.80. The van der Waals surface area contributed by atoms with Crippen molar-refractivity contribution in [2.45, 2.75) is 6.92 Å². The standard InChI is InChI=1S/C11H12N4/c1-8-13-10(15-11(12-2)14-8)9-6-4-3-5-7-9/h3-7H,1-2H3,(H,12,13,14,15). The third-order valence-electron chi connectivity index (χ3n) is 2.00. The van der Waals surface area contributed by atoms with Crippen LogP contribution in [0.4, 0.5) is 5.95 Å². The Bertz CT molecular complexity index is 453. The Morgan fingerprint density at radius 1 is 1.00 bits per heavy atom. The van der Waals surface area contributed by atoms with Gasteiger partial charge in [-0.1, -0.05) is 30.3 Å². The summed E-state index contributed by atoms with van der Waals surface area (Å²) in [5.41, 5.74) is 1.000. The Morgan fingerprint density at radius 3 is 2.40 bits per heavy atom. The van der Waals surface area contributed by atoms with E-state index in [4.69, 9.17) is 0 Å². The van der Waals surface area contributed by atoms with E-state index in [-0.39, 0.29) is 0 Å². The number of hydrogen-bond acceptors (Lipinski definition) is 4. The van der Waals surface area contributed by atoms with Gasteiger partial charge in [0.2, 0.25) is 5.95 Å². The van der Waals surface area contributed by atoms with E-state index in [1.165, 1.54) is 0 Å². The molecule has 1 aromatic heterocycles. The SMILES string of the molecule is CNc1nc(C)nc(-c2ccccc2)n1. The van der Waals surface area contributed by atoms with Crippen LogP contribution in [-0.2, 0) is 0 Å². The lowest BCUT2D eigenvalue weighted by Crippen LogP contribution is -2.02. The fraction of sp³-hybridized carbons (Fsp3) is 0.182. The highest BCUT2D eigenvalue weighted by molar-refractivity contribution is 5.55. The molecule has 4 nitrogen and oxygen atoms in total. The van der Waals surface area contributed by atoms with E-state index < -0.39 is 0 Å². The number of nitrogens with zero attached hydrogens (tertiary/aromatic N) is 3. The minimum absolute atomic E-state index is 0.598. The first kappa shape index (κ1) is 9.58. The van der Waals surface area contributed by atoms with E-state index in [2.05, 4.69) is 20.3 Å². The van der Waals surface area contributed by atoms with Gasteiger partial charge in [-0.2, -0.15) is 9.97 Å². The molecule has 0 saturated carbocycles. The van der Waals surface area contributed by atoms with Gasteiger partial charge < -0.3 is 5.32 Å². The van der Waals surface area contributed by atoms with E-state index in [1.807, 2.05) is 37.3 Å². The predicted molar refractivity (Wildman–Crippen MR) is 59.5 cm³/mol. The summed E-state index contributed by atoms with van der Waals surface area (Å²) >= 11 is 0. The van der Waals surface area contributed by atoms with Crippen LogP contribution in [0.2, 0.25) is 0 Å². The molecule has 76 valence electrons. The molecule has 4 heteroatoms. The Kier molecular flexibility index (Phi) is 2.58. The summed E-state index contributed by atoms with van der Waals surface area (Å²) in [6.45, 7) is 1.86. The molecule has 0 amide bonds. The van der Waals surface area contributed by atoms with Crippen molar-refractivity contribution in [3.05, 3.63) is 36.2 Å². The zero-order valence-corrected chi connectivity index (χ0v) is 8.73. The number of benzene rings is 1. The molecular formula is C11H12N4. The summed E-state index contributed by atoms with van der Waals surface area (Å²) in [4.78, 5) is 12.7. The van der Waals surface area contributed by atoms with E-state index in [1.54, 1.807) is 7.05 Å². The zero-order chi connectivity index (χ0) is 10.7. The van der Waals surface area contributed by atoms with Gasteiger partial charge in [-0.05, 0) is 6.92 Å². The molecule has 0 spiro atoms. The normalized spacial score (nSPS) is 10.0. The number of hydrogen-bond donors (Lipinski definition) is 1. The molecule has 2 aromatic rings. The van der Waals surface area contributed by atoms with Crippen LogP contribution >= 0.6 is 0 Å². The molecule has 1 heterocycles. The van der Waals surface area contributed by atoms with Crippen LogP contribution in [0, 0.1) is 6.92 Å². The Hall–Kier alpha value is -1.97. The molecule has 2 rings (SSSR count). The number of anilines is 1. The largest absolute Gasteiger partial charge is 0.357 e. The Balaban J connectivity index is 2.49. The van der Waals surface area contributed by atoms with Gasteiger partial charge in [-0.3, -0.25) is 0 Å². The maximum absolute atomic E-state index is 4.29. The average Bonchev–Trinajstić information content (AvgIpc) is 2.29. The summed E-state index contributed by atoms with van der Waals surface area (Å²) in [5, 5.41) is 2.92. The Morgan fingerprint density at radius 2 is 1.73 bits per heavy atom. The predicted octanol–water partition coefficient (Wildman–Crippen LogP) is 1.89. The molecule has 0 unspecified atom stereocenters. The molecule has 0 saturated heterocycles. The maximum Gasteiger partial charge on any atom is 0.226 e. The quantitative estimate of drug-likeness (QED) is 0.804. The minimum Gasteiger partial charge on any atom is -0.357 e. The molecular weight excluding hydrogens is 188 g/mol. The minimum atomic E-state index is 0.598. The molecule has 0 atom stereocenters. The van der Waals surface area contributed by atoms with Crippen LogP contribution in [0.15, 0.2) is 30.3 Å². The number of rotatable bonds is 2. The van der Waals surface area contributed by atoms with Crippen molar-refractivity contribution >= 4 is 5.95 Å². The monoisotopic (exact) mass is 200 g/mol. The molecule has 0 aliphatic heterocycles. The van der Waals surface area contributed by atoms with Crippen molar-refractivity contribution in [3.63, 3.8) is 0 Å². The third-order valence-corrected chi connectivity index (χ3v) is 2.00. The molecule has 0 aliphatic rings. The molecule has 0 radical (unpaired) electrons. The van der Waals surface area contributed by atoms with E-state index in [9.17, 15) is 0 Å². The highest BCUT2D eigenvalue weighted by Gasteiger charge is 2.03. The smallest absolute Gasteiger partial charge is 0.226 e. The van der Waals surface area contributed by atoms with Crippen LogP contribution in [0.5, 0.6) is 0 Å². The fourth-order valence-electron chi connectivity index (χ4n) is 1.31. The van der Waals surface area contributed by atoms with Crippen molar-refractivity contribution < 1.29 is 0 Å². The lowest BCUT2D eigenvalue weighted by molar-refractivity contribution is 0.985. The van der Waals surface area contributed by atoms with Crippen LogP contribution in [-0.4, -0.2) is 22.0 Å². The fourth-order valence-corrected chi connectivity index (χ4v) is 1.31. The summed E-state index contributed by atoms with van der Waals surface area (Å²) < 4.78 is 0. The van der Waals surface area contributed by atoms with Gasteiger partial charge in [0.1, 0.15) is 5.82 Å². The second-order valence-electron chi connectivity index (χ2n) is 3.15. The van der Waals surface area contributed by atoms with Gasteiger partial charge in [0.15, 0.2) is 5.82 Å². The summed E-state index contributed by atoms with van der Waals surface area (Å²) in [6, 6.07) is 9.86. The second kappa shape index (κ2) is 4.04. The lowest BCUT2D eigenvalue weighted by atomic mass is 10.2. The molecule has 1 aromatic carbocycles. The number of nitrogens with one attached hydrogen (secondary N) is 1. The number of aromatic nitrogens is 3. The van der Waals surface area contributed by atoms with Crippen molar-refractivity contribution in [1.29, 1.82) is 0 Å². The van der Waals surface area contributed by atoms with Gasteiger partial charge in [-0.15, -0.1) is 0 Å². The van der Waals surface area contributed by atoms with E-state index in [0.717, 1.165) is 5.56 Å². The van der Waals surface area contributed by atoms with Crippen molar-refractivity contribution in [3.8, 4) is 11.4 Å². The van der Waals surface area contributed by atoms with E-state index in [0.29, 0.717) is 17.6 Å². The number of aryl methyl sites for hydroxylation is 1. The highest BCUT2D eigenvalue weighted by atomic mass is 15.1. The van der Waals surface area contributed by atoms with Gasteiger partial charge in [0.25, 0.3) is 0 Å². The van der Waals surface area contributed by atoms with Gasteiger partial charge >= 0.3 is 0 Å². The first-order valence-corrected chi connectivity index (χ1v) is 4.75. The molecule has 0 fully saturated rings. The summed E-state index contributed by atoms with van der Waals surface area (Å²) in [5.74, 6) is 2.02. The van der Waals surface area contributed by atoms with Gasteiger partial charge in [0.05, 0.1) is 0 Å². The van der Waals surface area contributed by atoms with Crippen LogP contribution in [0.3, 0.4) is 0 Å².